The molecule has 0 aliphatic heterocycles. The van der Waals surface area contributed by atoms with Gasteiger partial charge in [-0.1, -0.05) is 43.1 Å². The zero-order valence-electron chi connectivity index (χ0n) is 9.89. The first-order valence-electron chi connectivity index (χ1n) is 6.71. The van der Waals surface area contributed by atoms with E-state index in [0.717, 1.165) is 5.92 Å². The number of fused-ring (bicyclic) bond motifs is 3. The van der Waals surface area contributed by atoms with E-state index in [2.05, 4.69) is 19.1 Å². The van der Waals surface area contributed by atoms with Gasteiger partial charge in [0, 0.05) is 0 Å². The summed E-state index contributed by atoms with van der Waals surface area (Å²) in [7, 11) is 0. The number of hydrogen-bond acceptors (Lipinski definition) is 0. The van der Waals surface area contributed by atoms with Crippen molar-refractivity contribution >= 4 is 0 Å². The third-order valence-corrected chi connectivity index (χ3v) is 5.05. The molecule has 0 saturated heterocycles. The van der Waals surface area contributed by atoms with Gasteiger partial charge in [-0.2, -0.15) is 0 Å². The molecular formula is C15H22. The lowest BCUT2D eigenvalue weighted by atomic mass is 9.57. The van der Waals surface area contributed by atoms with Gasteiger partial charge in [0.25, 0.3) is 0 Å². The van der Waals surface area contributed by atoms with Gasteiger partial charge >= 0.3 is 0 Å². The van der Waals surface area contributed by atoms with Crippen LogP contribution in [-0.4, -0.2) is 0 Å². The number of allylic oxidation sites excluding steroid dienone is 4. The van der Waals surface area contributed by atoms with Gasteiger partial charge in [-0.05, 0) is 49.9 Å². The lowest BCUT2D eigenvalue weighted by Crippen LogP contribution is -2.36. The molecule has 3 aliphatic rings. The molecular weight excluding hydrogens is 180 g/mol. The van der Waals surface area contributed by atoms with Crippen molar-refractivity contribution in [2.45, 2.75) is 58.3 Å². The molecule has 82 valence electrons. The molecule has 15 heavy (non-hydrogen) atoms. The normalized spacial score (nSPS) is 39.9. The molecule has 0 heteroatoms. The first-order chi connectivity index (χ1) is 7.31. The summed E-state index contributed by atoms with van der Waals surface area (Å²) in [6.45, 7) is 2.54. The molecule has 0 radical (unpaired) electrons. The lowest BCUT2D eigenvalue weighted by molar-refractivity contribution is 0.181. The van der Waals surface area contributed by atoms with Crippen LogP contribution in [0.25, 0.3) is 0 Å². The van der Waals surface area contributed by atoms with Crippen LogP contribution in [0.4, 0.5) is 0 Å². The predicted octanol–water partition coefficient (Wildman–Crippen LogP) is 4.62. The van der Waals surface area contributed by atoms with Crippen LogP contribution in [0, 0.1) is 11.3 Å². The summed E-state index contributed by atoms with van der Waals surface area (Å²) in [5.41, 5.74) is 4.10. The second-order valence-corrected chi connectivity index (χ2v) is 5.86. The van der Waals surface area contributed by atoms with Gasteiger partial charge in [0.05, 0.1) is 0 Å². The molecule has 0 bridgehead atoms. The Balaban J connectivity index is 1.98. The third kappa shape index (κ3) is 1.41. The van der Waals surface area contributed by atoms with Gasteiger partial charge in [0.15, 0.2) is 0 Å². The van der Waals surface area contributed by atoms with Gasteiger partial charge in [-0.25, -0.2) is 0 Å². The molecule has 0 N–H and O–H groups in total. The van der Waals surface area contributed by atoms with Crippen LogP contribution in [0.15, 0.2) is 23.3 Å². The van der Waals surface area contributed by atoms with Crippen LogP contribution in [-0.2, 0) is 0 Å². The largest absolute Gasteiger partial charge is 0.0662 e. The van der Waals surface area contributed by atoms with E-state index in [1.807, 2.05) is 0 Å². The third-order valence-electron chi connectivity index (χ3n) is 5.05. The lowest BCUT2D eigenvalue weighted by Gasteiger charge is -2.48. The van der Waals surface area contributed by atoms with Crippen molar-refractivity contribution in [2.75, 3.05) is 0 Å². The molecule has 0 nitrogen and oxygen atoms in total. The first-order valence-corrected chi connectivity index (χ1v) is 6.71. The van der Waals surface area contributed by atoms with E-state index in [1.165, 1.54) is 51.4 Å². The average Bonchev–Trinajstić information content (AvgIpc) is 2.29. The van der Waals surface area contributed by atoms with Crippen molar-refractivity contribution in [3.05, 3.63) is 23.3 Å². The zero-order valence-corrected chi connectivity index (χ0v) is 9.89. The predicted molar refractivity (Wildman–Crippen MR) is 64.7 cm³/mol. The highest BCUT2D eigenvalue weighted by atomic mass is 14.5. The van der Waals surface area contributed by atoms with E-state index in [4.69, 9.17) is 0 Å². The molecule has 0 unspecified atom stereocenters. The van der Waals surface area contributed by atoms with Gasteiger partial charge in [0.1, 0.15) is 0 Å². The van der Waals surface area contributed by atoms with Gasteiger partial charge in [-0.15, -0.1) is 0 Å². The Morgan fingerprint density at radius 1 is 1.07 bits per heavy atom. The standard InChI is InChI=1S/C15H22/c1-15-11-5-4-7-13(15)10-9-12-6-2-3-8-14(12)15/h9-10,14H,2-8,11H2,1H3/t14-,15+/m0/s1. The fraction of sp³-hybridized carbons (Fsp3) is 0.733. The van der Waals surface area contributed by atoms with E-state index < -0.39 is 0 Å². The number of hydrogen-bond donors (Lipinski definition) is 0. The molecule has 0 heterocycles. The maximum Gasteiger partial charge on any atom is -0.00478 e. The summed E-state index contributed by atoms with van der Waals surface area (Å²) in [5.74, 6) is 0.909. The maximum atomic E-state index is 2.54. The number of rotatable bonds is 0. The fourth-order valence-corrected chi connectivity index (χ4v) is 4.10. The molecule has 3 aliphatic carbocycles. The summed E-state index contributed by atoms with van der Waals surface area (Å²) in [5, 5.41) is 0. The highest BCUT2D eigenvalue weighted by Gasteiger charge is 2.42. The summed E-state index contributed by atoms with van der Waals surface area (Å²) in [6, 6.07) is 0. The Morgan fingerprint density at radius 2 is 1.93 bits per heavy atom. The molecule has 0 aromatic rings. The van der Waals surface area contributed by atoms with Gasteiger partial charge in [-0.3, -0.25) is 0 Å². The Hall–Kier alpha value is -0.520. The highest BCUT2D eigenvalue weighted by Crippen LogP contribution is 2.54. The van der Waals surface area contributed by atoms with Crippen molar-refractivity contribution in [3.8, 4) is 0 Å². The quantitative estimate of drug-likeness (QED) is 0.537. The second-order valence-electron chi connectivity index (χ2n) is 5.86. The van der Waals surface area contributed by atoms with Crippen molar-refractivity contribution < 1.29 is 0 Å². The highest BCUT2D eigenvalue weighted by molar-refractivity contribution is 5.35. The minimum absolute atomic E-state index is 0.558. The van der Waals surface area contributed by atoms with E-state index in [0.29, 0.717) is 5.41 Å². The van der Waals surface area contributed by atoms with Gasteiger partial charge in [0.2, 0.25) is 0 Å². The van der Waals surface area contributed by atoms with Crippen LogP contribution < -0.4 is 0 Å². The topological polar surface area (TPSA) is 0 Å². The SMILES string of the molecule is C[C@@]12CCCCC1=CC=C1CCCC[C@@H]12. The summed E-state index contributed by atoms with van der Waals surface area (Å²) < 4.78 is 0. The van der Waals surface area contributed by atoms with Crippen molar-refractivity contribution in [3.63, 3.8) is 0 Å². The molecule has 0 aromatic carbocycles. The Kier molecular flexibility index (Phi) is 2.26. The van der Waals surface area contributed by atoms with Crippen LogP contribution in [0.1, 0.15) is 58.3 Å². The van der Waals surface area contributed by atoms with E-state index in [1.54, 1.807) is 11.1 Å². The molecule has 2 atom stereocenters. The second kappa shape index (κ2) is 3.50. The molecule has 0 spiro atoms. The van der Waals surface area contributed by atoms with Crippen LogP contribution in [0.5, 0.6) is 0 Å². The van der Waals surface area contributed by atoms with Crippen LogP contribution in [0.2, 0.25) is 0 Å². The van der Waals surface area contributed by atoms with Crippen LogP contribution >= 0.6 is 0 Å². The smallest absolute Gasteiger partial charge is 0.00478 e. The van der Waals surface area contributed by atoms with Crippen molar-refractivity contribution in [1.29, 1.82) is 0 Å². The fourth-order valence-electron chi connectivity index (χ4n) is 4.10. The Morgan fingerprint density at radius 3 is 2.87 bits per heavy atom. The molecule has 2 fully saturated rings. The molecule has 0 amide bonds. The van der Waals surface area contributed by atoms with Crippen molar-refractivity contribution in [1.82, 2.24) is 0 Å². The monoisotopic (exact) mass is 202 g/mol. The first kappa shape index (κ1) is 9.69. The summed E-state index contributed by atoms with van der Waals surface area (Å²) in [4.78, 5) is 0. The molecule has 0 aromatic heterocycles. The minimum Gasteiger partial charge on any atom is -0.0662 e. The Bertz CT molecular complexity index is 321. The van der Waals surface area contributed by atoms with Gasteiger partial charge < -0.3 is 0 Å². The minimum atomic E-state index is 0.558. The summed E-state index contributed by atoms with van der Waals surface area (Å²) in [6.07, 6.45) is 16.4. The Labute approximate surface area is 93.5 Å². The molecule has 2 saturated carbocycles. The maximum absolute atomic E-state index is 2.54. The summed E-state index contributed by atoms with van der Waals surface area (Å²) >= 11 is 0. The average molecular weight is 202 g/mol. The van der Waals surface area contributed by atoms with E-state index in [-0.39, 0.29) is 0 Å². The van der Waals surface area contributed by atoms with E-state index in [9.17, 15) is 0 Å². The van der Waals surface area contributed by atoms with E-state index >= 15 is 0 Å². The zero-order chi connectivity index (χ0) is 10.3. The molecule has 3 rings (SSSR count). The van der Waals surface area contributed by atoms with Crippen molar-refractivity contribution in [2.24, 2.45) is 11.3 Å². The van der Waals surface area contributed by atoms with Crippen LogP contribution in [0.3, 0.4) is 0 Å².